The van der Waals surface area contributed by atoms with Crippen LogP contribution in [0, 0.1) is 0 Å². The van der Waals surface area contributed by atoms with Crippen molar-refractivity contribution in [3.63, 3.8) is 0 Å². The number of benzene rings is 2. The molecule has 0 N–H and O–H groups in total. The van der Waals surface area contributed by atoms with Gasteiger partial charge in [0.15, 0.2) is 0 Å². The van der Waals surface area contributed by atoms with Gasteiger partial charge in [0.25, 0.3) is 11.1 Å². The Bertz CT molecular complexity index is 1180. The molecule has 0 aliphatic carbocycles. The van der Waals surface area contributed by atoms with E-state index in [0.29, 0.717) is 49.0 Å². The van der Waals surface area contributed by atoms with Crippen molar-refractivity contribution in [2.24, 2.45) is 0 Å². The van der Waals surface area contributed by atoms with Gasteiger partial charge >= 0.3 is 0 Å². The number of carbonyl (C=O) groups excluding carboxylic acids is 3. The summed E-state index contributed by atoms with van der Waals surface area (Å²) in [7, 11) is 6.13. The van der Waals surface area contributed by atoms with Gasteiger partial charge in [-0.1, -0.05) is 0 Å². The zero-order valence-corrected chi connectivity index (χ0v) is 22.0. The average molecular weight is 528 g/mol. The number of hydrogen-bond donors (Lipinski definition) is 0. The summed E-state index contributed by atoms with van der Waals surface area (Å²) in [5, 5.41) is -0.493. The molecule has 0 aromatic heterocycles. The highest BCUT2D eigenvalue weighted by Gasteiger charge is 2.38. The van der Waals surface area contributed by atoms with E-state index in [4.69, 9.17) is 18.9 Å². The van der Waals surface area contributed by atoms with Crippen molar-refractivity contribution < 1.29 is 33.3 Å². The fourth-order valence-electron chi connectivity index (χ4n) is 4.18. The van der Waals surface area contributed by atoms with Crippen LogP contribution >= 0.6 is 11.8 Å². The molecular weight excluding hydrogens is 498 g/mol. The van der Waals surface area contributed by atoms with Gasteiger partial charge < -0.3 is 28.7 Å². The molecule has 0 radical (unpaired) electrons. The van der Waals surface area contributed by atoms with Gasteiger partial charge in [-0.3, -0.25) is 19.3 Å². The monoisotopic (exact) mass is 527 g/mol. The second-order valence-corrected chi connectivity index (χ2v) is 9.27. The Morgan fingerprint density at radius 3 is 2.00 bits per heavy atom. The van der Waals surface area contributed by atoms with E-state index in [1.165, 1.54) is 21.3 Å². The van der Waals surface area contributed by atoms with E-state index >= 15 is 0 Å². The van der Waals surface area contributed by atoms with Crippen LogP contribution in [0.5, 0.6) is 23.0 Å². The molecule has 11 heteroatoms. The van der Waals surface area contributed by atoms with E-state index in [2.05, 4.69) is 4.90 Å². The van der Waals surface area contributed by atoms with Crippen molar-refractivity contribution in [2.75, 3.05) is 66.1 Å². The fraction of sp³-hybridized carbons (Fsp3) is 0.346. The quantitative estimate of drug-likeness (QED) is 0.480. The molecular formula is C26H29N3O7S. The van der Waals surface area contributed by atoms with Crippen molar-refractivity contribution in [2.45, 2.75) is 0 Å². The van der Waals surface area contributed by atoms with Gasteiger partial charge in [0.05, 0.1) is 38.9 Å². The maximum atomic E-state index is 13.1. The minimum Gasteiger partial charge on any atom is -0.497 e. The summed E-state index contributed by atoms with van der Waals surface area (Å²) in [6.07, 6.45) is 1.54. The minimum atomic E-state index is -0.528. The number of carbonyl (C=O) groups is 3. The summed E-state index contributed by atoms with van der Waals surface area (Å²) in [5.74, 6) is 1.37. The summed E-state index contributed by atoms with van der Waals surface area (Å²) in [4.78, 5) is 43.7. The maximum Gasteiger partial charge on any atom is 0.294 e. The summed E-state index contributed by atoms with van der Waals surface area (Å²) >= 11 is 0.781. The number of piperazine rings is 1. The number of anilines is 1. The highest BCUT2D eigenvalue weighted by atomic mass is 32.2. The third kappa shape index (κ3) is 5.61. The summed E-state index contributed by atoms with van der Waals surface area (Å²) in [6, 6.07) is 11.1. The Morgan fingerprint density at radius 2 is 1.46 bits per heavy atom. The number of amides is 3. The van der Waals surface area contributed by atoms with Crippen LogP contribution in [0.2, 0.25) is 0 Å². The molecule has 0 atom stereocenters. The lowest BCUT2D eigenvalue weighted by molar-refractivity contribution is -0.136. The smallest absolute Gasteiger partial charge is 0.294 e. The standard InChI is InChI=1S/C26H29N3O7S/c1-33-18-7-5-17(6-8-18)27-9-11-28(12-10-27)24(30)16-29-25(31)23(37-26(29)32)15-20-21(35-3)13-19(34-2)14-22(20)36-4/h5-8,13-15H,9-12,16H2,1-4H3. The van der Waals surface area contributed by atoms with Crippen LogP contribution in [0.15, 0.2) is 41.3 Å². The van der Waals surface area contributed by atoms with Gasteiger partial charge in [-0.15, -0.1) is 0 Å². The normalized spacial score (nSPS) is 16.9. The first-order valence-corrected chi connectivity index (χ1v) is 12.4. The first kappa shape index (κ1) is 26.2. The van der Waals surface area contributed by atoms with E-state index in [0.717, 1.165) is 28.1 Å². The number of hydrogen-bond acceptors (Lipinski definition) is 9. The molecule has 2 aromatic carbocycles. The van der Waals surface area contributed by atoms with E-state index in [9.17, 15) is 14.4 Å². The molecule has 2 aromatic rings. The van der Waals surface area contributed by atoms with Crippen LogP contribution in [0.3, 0.4) is 0 Å². The first-order valence-electron chi connectivity index (χ1n) is 11.6. The van der Waals surface area contributed by atoms with E-state index in [1.54, 1.807) is 30.2 Å². The van der Waals surface area contributed by atoms with Gasteiger partial charge in [-0.2, -0.15) is 0 Å². The molecule has 10 nitrogen and oxygen atoms in total. The Kier molecular flexibility index (Phi) is 8.12. The highest BCUT2D eigenvalue weighted by Crippen LogP contribution is 2.39. The minimum absolute atomic E-state index is 0.184. The molecule has 2 aliphatic rings. The van der Waals surface area contributed by atoms with Crippen LogP contribution in [-0.2, 0) is 9.59 Å². The molecule has 2 aliphatic heterocycles. The highest BCUT2D eigenvalue weighted by molar-refractivity contribution is 8.18. The number of nitrogens with zero attached hydrogens (tertiary/aromatic N) is 3. The molecule has 196 valence electrons. The molecule has 0 saturated carbocycles. The van der Waals surface area contributed by atoms with Crippen LogP contribution in [-0.4, -0.2) is 88.0 Å². The molecule has 0 bridgehead atoms. The first-order chi connectivity index (χ1) is 17.9. The number of thioether (sulfide) groups is 1. The molecule has 37 heavy (non-hydrogen) atoms. The van der Waals surface area contributed by atoms with Crippen LogP contribution < -0.4 is 23.8 Å². The number of ether oxygens (including phenoxy) is 4. The molecule has 2 fully saturated rings. The maximum absolute atomic E-state index is 13.1. The largest absolute Gasteiger partial charge is 0.497 e. The topological polar surface area (TPSA) is 97.9 Å². The molecule has 0 unspecified atom stereocenters. The molecule has 2 heterocycles. The van der Waals surface area contributed by atoms with E-state index < -0.39 is 11.1 Å². The lowest BCUT2D eigenvalue weighted by Crippen LogP contribution is -2.51. The van der Waals surface area contributed by atoms with Crippen molar-refractivity contribution in [3.8, 4) is 23.0 Å². The second kappa shape index (κ2) is 11.5. The average Bonchev–Trinajstić information content (AvgIpc) is 3.20. The zero-order chi connectivity index (χ0) is 26.5. The third-order valence-electron chi connectivity index (χ3n) is 6.27. The van der Waals surface area contributed by atoms with Gasteiger partial charge in [0.1, 0.15) is 29.5 Å². The fourth-order valence-corrected chi connectivity index (χ4v) is 5.00. The summed E-state index contributed by atoms with van der Waals surface area (Å²) < 4.78 is 21.3. The van der Waals surface area contributed by atoms with Crippen molar-refractivity contribution in [1.29, 1.82) is 0 Å². The second-order valence-electron chi connectivity index (χ2n) is 8.28. The molecule has 0 spiro atoms. The lowest BCUT2D eigenvalue weighted by Gasteiger charge is -2.36. The molecule has 4 rings (SSSR count). The summed E-state index contributed by atoms with van der Waals surface area (Å²) in [6.45, 7) is 1.99. The zero-order valence-electron chi connectivity index (χ0n) is 21.2. The van der Waals surface area contributed by atoms with Crippen molar-refractivity contribution >= 4 is 40.6 Å². The van der Waals surface area contributed by atoms with Gasteiger partial charge in [-0.25, -0.2) is 0 Å². The lowest BCUT2D eigenvalue weighted by atomic mass is 10.1. The molecule has 3 amide bonds. The Labute approximate surface area is 219 Å². The summed E-state index contributed by atoms with van der Waals surface area (Å²) in [5.41, 5.74) is 1.55. The van der Waals surface area contributed by atoms with Gasteiger partial charge in [-0.05, 0) is 42.1 Å². The third-order valence-corrected chi connectivity index (χ3v) is 7.17. The number of methoxy groups -OCH3 is 4. The molecule has 2 saturated heterocycles. The van der Waals surface area contributed by atoms with Crippen molar-refractivity contribution in [3.05, 3.63) is 46.9 Å². The van der Waals surface area contributed by atoms with E-state index in [1.807, 2.05) is 24.3 Å². The van der Waals surface area contributed by atoms with Crippen LogP contribution in [0.4, 0.5) is 10.5 Å². The van der Waals surface area contributed by atoms with Gasteiger partial charge in [0, 0.05) is 44.0 Å². The number of rotatable bonds is 8. The Balaban J connectivity index is 1.42. The predicted octanol–water partition coefficient (Wildman–Crippen LogP) is 3.11. The van der Waals surface area contributed by atoms with E-state index in [-0.39, 0.29) is 17.4 Å². The van der Waals surface area contributed by atoms with Crippen LogP contribution in [0.1, 0.15) is 5.56 Å². The predicted molar refractivity (Wildman–Crippen MR) is 141 cm³/mol. The Hall–Kier alpha value is -3.86. The Morgan fingerprint density at radius 1 is 0.865 bits per heavy atom. The van der Waals surface area contributed by atoms with Gasteiger partial charge in [0.2, 0.25) is 5.91 Å². The van der Waals surface area contributed by atoms with Crippen LogP contribution in [0.25, 0.3) is 6.08 Å². The number of imide groups is 1. The SMILES string of the molecule is COc1ccc(N2CCN(C(=O)CN3C(=O)SC(=Cc4c(OC)cc(OC)cc4OC)C3=O)CC2)cc1. The van der Waals surface area contributed by atoms with Crippen molar-refractivity contribution in [1.82, 2.24) is 9.80 Å².